The van der Waals surface area contributed by atoms with E-state index in [0.717, 1.165) is 25.3 Å². The lowest BCUT2D eigenvalue weighted by Gasteiger charge is -2.27. The standard InChI is InChI=1S/C10H21NO2S/c1-9-8-10(5-6-11-9)4-3-7-14(2,12)13/h9-11H,3-8H2,1-2H3. The summed E-state index contributed by atoms with van der Waals surface area (Å²) in [6.45, 7) is 3.29. The van der Waals surface area contributed by atoms with Crippen LogP contribution < -0.4 is 5.32 Å². The number of hydrogen-bond acceptors (Lipinski definition) is 3. The van der Waals surface area contributed by atoms with Gasteiger partial charge in [-0.15, -0.1) is 0 Å². The summed E-state index contributed by atoms with van der Waals surface area (Å²) >= 11 is 0. The molecule has 1 saturated heterocycles. The summed E-state index contributed by atoms with van der Waals surface area (Å²) in [5, 5.41) is 3.40. The van der Waals surface area contributed by atoms with Crippen LogP contribution in [0.1, 0.15) is 32.6 Å². The van der Waals surface area contributed by atoms with Gasteiger partial charge in [-0.25, -0.2) is 8.42 Å². The number of sulfone groups is 1. The Labute approximate surface area is 87.2 Å². The monoisotopic (exact) mass is 219 g/mol. The van der Waals surface area contributed by atoms with E-state index in [1.807, 2.05) is 0 Å². The highest BCUT2D eigenvalue weighted by Gasteiger charge is 2.18. The Morgan fingerprint density at radius 1 is 1.43 bits per heavy atom. The first-order chi connectivity index (χ1) is 6.47. The van der Waals surface area contributed by atoms with Crippen molar-refractivity contribution in [2.24, 2.45) is 5.92 Å². The third kappa shape index (κ3) is 4.96. The van der Waals surface area contributed by atoms with Crippen molar-refractivity contribution < 1.29 is 8.42 Å². The molecule has 0 aromatic rings. The van der Waals surface area contributed by atoms with Gasteiger partial charge in [-0.3, -0.25) is 0 Å². The summed E-state index contributed by atoms with van der Waals surface area (Å²) in [7, 11) is -2.75. The van der Waals surface area contributed by atoms with Gasteiger partial charge >= 0.3 is 0 Å². The molecule has 0 aromatic carbocycles. The zero-order chi connectivity index (χ0) is 10.6. The van der Waals surface area contributed by atoms with Crippen molar-refractivity contribution in [3.05, 3.63) is 0 Å². The summed E-state index contributed by atoms with van der Waals surface area (Å²) in [4.78, 5) is 0. The zero-order valence-electron chi connectivity index (χ0n) is 9.12. The van der Waals surface area contributed by atoms with Gasteiger partial charge in [0.15, 0.2) is 0 Å². The van der Waals surface area contributed by atoms with E-state index in [4.69, 9.17) is 0 Å². The Kier molecular flexibility index (Phi) is 4.38. The molecule has 0 saturated carbocycles. The quantitative estimate of drug-likeness (QED) is 0.773. The van der Waals surface area contributed by atoms with E-state index in [9.17, 15) is 8.42 Å². The average Bonchev–Trinajstić information content (AvgIpc) is 2.01. The van der Waals surface area contributed by atoms with Crippen LogP contribution in [0, 0.1) is 5.92 Å². The predicted molar refractivity (Wildman–Crippen MR) is 59.1 cm³/mol. The smallest absolute Gasteiger partial charge is 0.147 e. The number of piperidine rings is 1. The first-order valence-electron chi connectivity index (χ1n) is 5.38. The molecule has 0 aromatic heterocycles. The van der Waals surface area contributed by atoms with Crippen LogP contribution in [-0.4, -0.2) is 33.0 Å². The molecule has 0 radical (unpaired) electrons. The van der Waals surface area contributed by atoms with Gasteiger partial charge in [0.2, 0.25) is 0 Å². The van der Waals surface area contributed by atoms with E-state index in [1.165, 1.54) is 19.1 Å². The fourth-order valence-corrected chi connectivity index (χ4v) is 2.82. The van der Waals surface area contributed by atoms with Gasteiger partial charge in [-0.1, -0.05) is 0 Å². The Balaban J connectivity index is 2.18. The largest absolute Gasteiger partial charge is 0.314 e. The molecule has 0 aliphatic carbocycles. The minimum Gasteiger partial charge on any atom is -0.314 e. The van der Waals surface area contributed by atoms with E-state index in [0.29, 0.717) is 11.8 Å². The number of nitrogens with one attached hydrogen (secondary N) is 1. The fraction of sp³-hybridized carbons (Fsp3) is 1.00. The van der Waals surface area contributed by atoms with Crippen molar-refractivity contribution >= 4 is 9.84 Å². The van der Waals surface area contributed by atoms with Gasteiger partial charge in [-0.2, -0.15) is 0 Å². The van der Waals surface area contributed by atoms with Gasteiger partial charge in [0.25, 0.3) is 0 Å². The summed E-state index contributed by atoms with van der Waals surface area (Å²) < 4.78 is 21.8. The van der Waals surface area contributed by atoms with E-state index < -0.39 is 9.84 Å². The average molecular weight is 219 g/mol. The molecular weight excluding hydrogens is 198 g/mol. The lowest BCUT2D eigenvalue weighted by atomic mass is 9.90. The maximum Gasteiger partial charge on any atom is 0.147 e. The summed E-state index contributed by atoms with van der Waals surface area (Å²) in [6.07, 6.45) is 5.62. The van der Waals surface area contributed by atoms with Crippen molar-refractivity contribution in [1.29, 1.82) is 0 Å². The zero-order valence-corrected chi connectivity index (χ0v) is 9.94. The molecule has 2 atom stereocenters. The third-order valence-electron chi connectivity index (χ3n) is 2.86. The predicted octanol–water partition coefficient (Wildman–Crippen LogP) is 1.20. The summed E-state index contributed by atoms with van der Waals surface area (Å²) in [5.74, 6) is 1.08. The molecular formula is C10H21NO2S. The number of hydrogen-bond donors (Lipinski definition) is 1. The second kappa shape index (κ2) is 5.12. The van der Waals surface area contributed by atoms with Gasteiger partial charge in [0, 0.05) is 18.1 Å². The van der Waals surface area contributed by atoms with Gasteiger partial charge < -0.3 is 5.32 Å². The molecule has 1 heterocycles. The van der Waals surface area contributed by atoms with Crippen LogP contribution in [0.15, 0.2) is 0 Å². The fourth-order valence-electron chi connectivity index (χ4n) is 2.13. The SMILES string of the molecule is CC1CC(CCCS(C)(=O)=O)CCN1. The highest BCUT2D eigenvalue weighted by molar-refractivity contribution is 7.90. The second-order valence-corrected chi connectivity index (χ2v) is 6.78. The third-order valence-corrected chi connectivity index (χ3v) is 3.89. The Bertz CT molecular complexity index is 261. The molecule has 14 heavy (non-hydrogen) atoms. The molecule has 2 unspecified atom stereocenters. The van der Waals surface area contributed by atoms with Gasteiger partial charge in [0.05, 0.1) is 0 Å². The molecule has 1 aliphatic heterocycles. The molecule has 0 spiro atoms. The molecule has 0 bridgehead atoms. The maximum atomic E-state index is 10.9. The lowest BCUT2D eigenvalue weighted by Crippen LogP contribution is -2.35. The van der Waals surface area contributed by atoms with Crippen LogP contribution in [-0.2, 0) is 9.84 Å². The molecule has 3 nitrogen and oxygen atoms in total. The van der Waals surface area contributed by atoms with Crippen molar-refractivity contribution in [3.63, 3.8) is 0 Å². The number of rotatable bonds is 4. The molecule has 4 heteroatoms. The maximum absolute atomic E-state index is 10.9. The molecule has 0 amide bonds. The van der Waals surface area contributed by atoms with Crippen LogP contribution in [0.3, 0.4) is 0 Å². The van der Waals surface area contributed by atoms with Crippen LogP contribution in [0.2, 0.25) is 0 Å². The van der Waals surface area contributed by atoms with Crippen LogP contribution in [0.4, 0.5) is 0 Å². The molecule has 84 valence electrons. The van der Waals surface area contributed by atoms with E-state index in [2.05, 4.69) is 12.2 Å². The highest BCUT2D eigenvalue weighted by Crippen LogP contribution is 2.21. The highest BCUT2D eigenvalue weighted by atomic mass is 32.2. The Hall–Kier alpha value is -0.0900. The molecule has 1 N–H and O–H groups in total. The van der Waals surface area contributed by atoms with Crippen molar-refractivity contribution in [1.82, 2.24) is 5.32 Å². The van der Waals surface area contributed by atoms with Gasteiger partial charge in [0.1, 0.15) is 9.84 Å². The summed E-state index contributed by atoms with van der Waals surface area (Å²) in [5.41, 5.74) is 0. The first-order valence-corrected chi connectivity index (χ1v) is 7.44. The molecule has 1 aliphatic rings. The van der Waals surface area contributed by atoms with Crippen LogP contribution in [0.25, 0.3) is 0 Å². The second-order valence-electron chi connectivity index (χ2n) is 4.52. The van der Waals surface area contributed by atoms with Crippen molar-refractivity contribution in [3.8, 4) is 0 Å². The topological polar surface area (TPSA) is 46.2 Å². The normalized spacial score (nSPS) is 29.0. The summed E-state index contributed by atoms with van der Waals surface area (Å²) in [6, 6.07) is 0.604. The van der Waals surface area contributed by atoms with Crippen LogP contribution >= 0.6 is 0 Å². The van der Waals surface area contributed by atoms with E-state index in [-0.39, 0.29) is 0 Å². The van der Waals surface area contributed by atoms with Gasteiger partial charge in [-0.05, 0) is 45.1 Å². The van der Waals surface area contributed by atoms with E-state index >= 15 is 0 Å². The minimum atomic E-state index is -2.75. The Morgan fingerprint density at radius 3 is 2.71 bits per heavy atom. The Morgan fingerprint density at radius 2 is 2.14 bits per heavy atom. The minimum absolute atomic E-state index is 0.352. The lowest BCUT2D eigenvalue weighted by molar-refractivity contribution is 0.299. The molecule has 1 rings (SSSR count). The molecule has 1 fully saturated rings. The van der Waals surface area contributed by atoms with Crippen molar-refractivity contribution in [2.75, 3.05) is 18.6 Å². The van der Waals surface area contributed by atoms with Crippen LogP contribution in [0.5, 0.6) is 0 Å². The first kappa shape index (κ1) is 12.0. The van der Waals surface area contributed by atoms with Crippen molar-refractivity contribution in [2.45, 2.75) is 38.6 Å². The van der Waals surface area contributed by atoms with E-state index in [1.54, 1.807) is 0 Å².